The van der Waals surface area contributed by atoms with Gasteiger partial charge in [-0.3, -0.25) is 9.59 Å². The molecule has 164 valence electrons. The summed E-state index contributed by atoms with van der Waals surface area (Å²) in [4.78, 5) is 36.3. The number of hydrogen-bond donors (Lipinski definition) is 7. The number of carboxylic acid groups (broad SMARTS) is 1. The minimum absolute atomic E-state index is 0.278. The molecule has 0 saturated carbocycles. The molecule has 0 spiro atoms. The lowest BCUT2D eigenvalue weighted by molar-refractivity contribution is -0.142. The molecule has 0 heterocycles. The van der Waals surface area contributed by atoms with E-state index in [1.807, 2.05) is 0 Å². The number of carbonyl (C=O) groups is 3. The maximum atomic E-state index is 12.6. The SMILES string of the molecule is NCCCCC(N)C(=O)NC(CCCCN)C(=O)NC(CCCCN)C(=O)O. The molecule has 0 fully saturated rings. The van der Waals surface area contributed by atoms with Crippen molar-refractivity contribution in [2.24, 2.45) is 22.9 Å². The van der Waals surface area contributed by atoms with Crippen LogP contribution in [0.3, 0.4) is 0 Å². The molecule has 0 saturated heterocycles. The van der Waals surface area contributed by atoms with Crippen molar-refractivity contribution in [1.82, 2.24) is 10.6 Å². The highest BCUT2D eigenvalue weighted by molar-refractivity contribution is 5.91. The summed E-state index contributed by atoms with van der Waals surface area (Å²) in [7, 11) is 0. The van der Waals surface area contributed by atoms with E-state index in [2.05, 4.69) is 10.6 Å². The summed E-state index contributed by atoms with van der Waals surface area (Å²) in [5, 5.41) is 14.5. The Hall–Kier alpha value is -1.75. The standard InChI is InChI=1S/C18H38N6O4/c19-10-4-1-7-13(22)16(25)23-14(8-2-5-11-20)17(26)24-15(18(27)28)9-3-6-12-21/h13-15H,1-12,19-22H2,(H,23,25)(H,24,26)(H,27,28). The maximum absolute atomic E-state index is 12.6. The van der Waals surface area contributed by atoms with E-state index < -0.39 is 35.9 Å². The van der Waals surface area contributed by atoms with E-state index in [4.69, 9.17) is 22.9 Å². The quantitative estimate of drug-likeness (QED) is 0.146. The second-order valence-electron chi connectivity index (χ2n) is 6.92. The third-order valence-corrected chi connectivity index (χ3v) is 4.45. The normalized spacial score (nSPS) is 14.1. The van der Waals surface area contributed by atoms with Crippen LogP contribution in [-0.2, 0) is 14.4 Å². The van der Waals surface area contributed by atoms with Gasteiger partial charge in [-0.25, -0.2) is 4.79 Å². The molecule has 0 aromatic carbocycles. The average molecular weight is 403 g/mol. The van der Waals surface area contributed by atoms with Gasteiger partial charge in [-0.2, -0.15) is 0 Å². The molecule has 0 aromatic rings. The monoisotopic (exact) mass is 402 g/mol. The highest BCUT2D eigenvalue weighted by Gasteiger charge is 2.27. The van der Waals surface area contributed by atoms with E-state index in [0.29, 0.717) is 58.2 Å². The molecule has 10 heteroatoms. The smallest absolute Gasteiger partial charge is 0.326 e. The maximum Gasteiger partial charge on any atom is 0.326 e. The average Bonchev–Trinajstić information content (AvgIpc) is 2.66. The third-order valence-electron chi connectivity index (χ3n) is 4.45. The summed E-state index contributed by atoms with van der Waals surface area (Å²) in [6, 6.07) is -2.61. The van der Waals surface area contributed by atoms with Gasteiger partial charge in [-0.1, -0.05) is 6.42 Å². The van der Waals surface area contributed by atoms with Gasteiger partial charge >= 0.3 is 5.97 Å². The largest absolute Gasteiger partial charge is 0.480 e. The number of carbonyl (C=O) groups excluding carboxylic acids is 2. The molecule has 28 heavy (non-hydrogen) atoms. The van der Waals surface area contributed by atoms with Crippen molar-refractivity contribution >= 4 is 17.8 Å². The molecule has 0 aliphatic carbocycles. The van der Waals surface area contributed by atoms with Crippen LogP contribution in [0.5, 0.6) is 0 Å². The summed E-state index contributed by atoms with van der Waals surface area (Å²) in [5.41, 5.74) is 22.2. The first-order valence-corrected chi connectivity index (χ1v) is 10.1. The fourth-order valence-corrected chi connectivity index (χ4v) is 2.70. The minimum Gasteiger partial charge on any atom is -0.480 e. The predicted octanol–water partition coefficient (Wildman–Crippen LogP) is -1.25. The highest BCUT2D eigenvalue weighted by atomic mass is 16.4. The zero-order valence-corrected chi connectivity index (χ0v) is 16.7. The molecule has 11 N–H and O–H groups in total. The summed E-state index contributed by atoms with van der Waals surface area (Å²) < 4.78 is 0. The number of aliphatic carboxylic acids is 1. The van der Waals surface area contributed by atoms with Crippen LogP contribution in [0.1, 0.15) is 57.8 Å². The number of nitrogens with two attached hydrogens (primary N) is 4. The van der Waals surface area contributed by atoms with Gasteiger partial charge in [0.25, 0.3) is 0 Å². The molecule has 0 rings (SSSR count). The summed E-state index contributed by atoms with van der Waals surface area (Å²) in [6.45, 7) is 1.46. The lowest BCUT2D eigenvalue weighted by Crippen LogP contribution is -2.54. The third kappa shape index (κ3) is 11.9. The number of hydrogen-bond acceptors (Lipinski definition) is 7. The number of nitrogens with one attached hydrogen (secondary N) is 2. The second kappa shape index (κ2) is 16.2. The molecule has 2 amide bonds. The lowest BCUT2D eigenvalue weighted by Gasteiger charge is -2.23. The molecule has 0 aliphatic rings. The first-order chi connectivity index (χ1) is 13.4. The molecule has 3 unspecified atom stereocenters. The van der Waals surface area contributed by atoms with Crippen LogP contribution in [-0.4, -0.2) is 60.6 Å². The summed E-state index contributed by atoms with van der Waals surface area (Å²) in [6.07, 6.45) is 5.18. The van der Waals surface area contributed by atoms with E-state index in [0.717, 1.165) is 12.8 Å². The van der Waals surface area contributed by atoms with E-state index in [1.165, 1.54) is 0 Å². The van der Waals surface area contributed by atoms with Gasteiger partial charge in [-0.15, -0.1) is 0 Å². The Morgan fingerprint density at radius 1 is 0.679 bits per heavy atom. The van der Waals surface area contributed by atoms with Crippen molar-refractivity contribution in [1.29, 1.82) is 0 Å². The van der Waals surface area contributed by atoms with E-state index >= 15 is 0 Å². The summed E-state index contributed by atoms with van der Waals surface area (Å²) >= 11 is 0. The molecule has 0 aromatic heterocycles. The van der Waals surface area contributed by atoms with Gasteiger partial charge < -0.3 is 38.7 Å². The first-order valence-electron chi connectivity index (χ1n) is 10.1. The van der Waals surface area contributed by atoms with Crippen LogP contribution in [0.25, 0.3) is 0 Å². The topological polar surface area (TPSA) is 200 Å². The minimum atomic E-state index is -1.11. The first kappa shape index (κ1) is 26.2. The Morgan fingerprint density at radius 3 is 1.57 bits per heavy atom. The van der Waals surface area contributed by atoms with E-state index in [1.54, 1.807) is 0 Å². The Kier molecular flexibility index (Phi) is 15.2. The molecule has 10 nitrogen and oxygen atoms in total. The molecule has 0 bridgehead atoms. The fraction of sp³-hybridized carbons (Fsp3) is 0.833. The van der Waals surface area contributed by atoms with Gasteiger partial charge in [0.05, 0.1) is 6.04 Å². The molecular weight excluding hydrogens is 364 g/mol. The number of carboxylic acids is 1. The Bertz CT molecular complexity index is 463. The molecular formula is C18H38N6O4. The van der Waals surface area contributed by atoms with Crippen molar-refractivity contribution in [2.45, 2.75) is 75.9 Å². The number of amides is 2. The van der Waals surface area contributed by atoms with Crippen molar-refractivity contribution in [3.63, 3.8) is 0 Å². The van der Waals surface area contributed by atoms with Gasteiger partial charge in [-0.05, 0) is 71.0 Å². The van der Waals surface area contributed by atoms with Gasteiger partial charge in [0.1, 0.15) is 12.1 Å². The number of unbranched alkanes of at least 4 members (excludes halogenated alkanes) is 3. The van der Waals surface area contributed by atoms with Crippen molar-refractivity contribution in [3.05, 3.63) is 0 Å². The zero-order valence-electron chi connectivity index (χ0n) is 16.7. The van der Waals surface area contributed by atoms with Gasteiger partial charge in [0.2, 0.25) is 11.8 Å². The van der Waals surface area contributed by atoms with Crippen molar-refractivity contribution < 1.29 is 19.5 Å². The molecule has 0 radical (unpaired) electrons. The van der Waals surface area contributed by atoms with Gasteiger partial charge in [0.15, 0.2) is 0 Å². The van der Waals surface area contributed by atoms with Crippen LogP contribution in [0.4, 0.5) is 0 Å². The Balaban J connectivity index is 4.86. The Labute approximate surface area is 167 Å². The Morgan fingerprint density at radius 2 is 1.11 bits per heavy atom. The molecule has 3 atom stereocenters. The fourth-order valence-electron chi connectivity index (χ4n) is 2.70. The van der Waals surface area contributed by atoms with Crippen LogP contribution >= 0.6 is 0 Å². The predicted molar refractivity (Wildman–Crippen MR) is 108 cm³/mol. The van der Waals surface area contributed by atoms with Crippen LogP contribution in [0.2, 0.25) is 0 Å². The molecule has 0 aliphatic heterocycles. The van der Waals surface area contributed by atoms with Crippen LogP contribution < -0.4 is 33.6 Å². The van der Waals surface area contributed by atoms with Crippen molar-refractivity contribution in [3.8, 4) is 0 Å². The summed E-state index contributed by atoms with van der Waals surface area (Å²) in [5.74, 6) is -2.07. The van der Waals surface area contributed by atoms with Crippen molar-refractivity contribution in [2.75, 3.05) is 19.6 Å². The lowest BCUT2D eigenvalue weighted by atomic mass is 10.0. The van der Waals surface area contributed by atoms with Crippen LogP contribution in [0.15, 0.2) is 0 Å². The van der Waals surface area contributed by atoms with E-state index in [-0.39, 0.29) is 6.42 Å². The van der Waals surface area contributed by atoms with E-state index in [9.17, 15) is 19.5 Å². The zero-order chi connectivity index (χ0) is 21.4. The second-order valence-corrected chi connectivity index (χ2v) is 6.92. The van der Waals surface area contributed by atoms with Crippen LogP contribution in [0, 0.1) is 0 Å². The number of rotatable bonds is 17. The van der Waals surface area contributed by atoms with Gasteiger partial charge in [0, 0.05) is 0 Å². The highest BCUT2D eigenvalue weighted by Crippen LogP contribution is 2.06.